The van der Waals surface area contributed by atoms with Crippen LogP contribution in [0, 0.1) is 29.6 Å². The smallest absolute Gasteiger partial charge is 0.350 e. The van der Waals surface area contributed by atoms with Crippen LogP contribution in [0.4, 0.5) is 0 Å². The third kappa shape index (κ3) is 6.77. The predicted molar refractivity (Wildman–Crippen MR) is 184 cm³/mol. The quantitative estimate of drug-likeness (QED) is 0.0616. The lowest BCUT2D eigenvalue weighted by atomic mass is 9.60. The maximum absolute atomic E-state index is 14.3. The van der Waals surface area contributed by atoms with E-state index in [2.05, 4.69) is 46.4 Å². The second-order valence-electron chi connectivity index (χ2n) is 15.2. The average molecular weight is 667 g/mol. The maximum Gasteiger partial charge on any atom is 0.350 e. The van der Waals surface area contributed by atoms with Crippen molar-refractivity contribution in [3.63, 3.8) is 0 Å². The summed E-state index contributed by atoms with van der Waals surface area (Å²) in [5, 5.41) is 24.3. The number of esters is 1. The van der Waals surface area contributed by atoms with Gasteiger partial charge < -0.3 is 30.5 Å². The normalized spacial score (nSPS) is 37.9. The monoisotopic (exact) mass is 666 g/mol. The summed E-state index contributed by atoms with van der Waals surface area (Å²) in [6.45, 7) is 6.49. The number of fused-ring (bicyclic) bond motifs is 3. The standard InChI is InChI=1S/C38H58N4O6/c1-4-40-32-19-27-10-6-5-9-26(27)18-28(32)22-47-36(46)38-35(45)31-12-8-7-11-30(31)34(44)37(38,48-38)20-29(21-43)24(2)13-14-25-15-16-41-33(17-25)42-23-39-3/h6,10,19,25-26,28,30-33,39-43H,4-5,7-9,11-18,20-23H2,1-3H3/t25?,26-,28-,30?,31?,32-,33?,37-,38-/m0/s1. The molecule has 0 spiro atoms. The van der Waals surface area contributed by atoms with Gasteiger partial charge in [-0.25, -0.2) is 4.79 Å². The lowest BCUT2D eigenvalue weighted by molar-refractivity contribution is -0.160. The van der Waals surface area contributed by atoms with Crippen molar-refractivity contribution in [1.29, 1.82) is 0 Å². The molecule has 6 rings (SSSR count). The lowest BCUT2D eigenvalue weighted by Crippen LogP contribution is -2.58. The van der Waals surface area contributed by atoms with Gasteiger partial charge in [0.05, 0.1) is 19.4 Å². The van der Waals surface area contributed by atoms with E-state index in [1.807, 2.05) is 14.0 Å². The number of rotatable bonds is 14. The number of Topliss-reactive ketones (excluding diaryl/α,β-unsaturated/α-hetero) is 2. The van der Waals surface area contributed by atoms with Gasteiger partial charge in [-0.05, 0) is 108 Å². The number of aliphatic hydroxyl groups excluding tert-OH is 1. The summed E-state index contributed by atoms with van der Waals surface area (Å²) in [5.41, 5.74) is -0.458. The fraction of sp³-hybridized carbons (Fsp3) is 0.763. The Bertz CT molecular complexity index is 1310. The molecule has 48 heavy (non-hydrogen) atoms. The Hall–Kier alpha value is -2.21. The molecular weight excluding hydrogens is 608 g/mol. The van der Waals surface area contributed by atoms with Crippen LogP contribution in [-0.4, -0.2) is 86.1 Å². The minimum atomic E-state index is -1.92. The number of carbonyl (C=O) groups excluding carboxylic acids is 3. The van der Waals surface area contributed by atoms with E-state index in [4.69, 9.17) is 9.47 Å². The second-order valence-corrected chi connectivity index (χ2v) is 15.2. The Balaban J connectivity index is 1.19. The van der Waals surface area contributed by atoms with Crippen molar-refractivity contribution in [1.82, 2.24) is 21.3 Å². The number of carbonyl (C=O) groups is 3. The summed E-state index contributed by atoms with van der Waals surface area (Å²) < 4.78 is 12.3. The average Bonchev–Trinajstić information content (AvgIpc) is 3.82. The van der Waals surface area contributed by atoms with E-state index in [-0.39, 0.29) is 49.3 Å². The molecule has 4 fully saturated rings. The van der Waals surface area contributed by atoms with Crippen molar-refractivity contribution < 1.29 is 29.0 Å². The van der Waals surface area contributed by atoms with Crippen molar-refractivity contribution >= 4 is 17.5 Å². The molecule has 2 saturated heterocycles. The number of nitrogens with one attached hydrogen (secondary N) is 4. The number of epoxide rings is 1. The zero-order chi connectivity index (χ0) is 33.9. The van der Waals surface area contributed by atoms with Crippen molar-refractivity contribution in [3.8, 4) is 0 Å². The lowest BCUT2D eigenvalue weighted by Gasteiger charge is -2.38. The van der Waals surface area contributed by atoms with Crippen LogP contribution in [0.15, 0.2) is 34.9 Å². The molecule has 0 aromatic carbocycles. The summed E-state index contributed by atoms with van der Waals surface area (Å²) in [6, 6.07) is 0.0616. The van der Waals surface area contributed by atoms with Crippen LogP contribution in [0.1, 0.15) is 90.9 Å². The fourth-order valence-electron chi connectivity index (χ4n) is 9.50. The minimum Gasteiger partial charge on any atom is -0.463 e. The topological polar surface area (TPSA) is 141 Å². The molecule has 2 heterocycles. The van der Waals surface area contributed by atoms with E-state index >= 15 is 0 Å². The predicted octanol–water partition coefficient (Wildman–Crippen LogP) is 3.46. The van der Waals surface area contributed by atoms with Gasteiger partial charge in [0.2, 0.25) is 0 Å². The Morgan fingerprint density at radius 3 is 2.65 bits per heavy atom. The van der Waals surface area contributed by atoms with Gasteiger partial charge in [-0.1, -0.05) is 43.6 Å². The van der Waals surface area contributed by atoms with Crippen molar-refractivity contribution in [3.05, 3.63) is 34.9 Å². The van der Waals surface area contributed by atoms with Gasteiger partial charge in [-0.15, -0.1) is 0 Å². The first-order chi connectivity index (χ1) is 23.3. The maximum atomic E-state index is 14.3. The largest absolute Gasteiger partial charge is 0.463 e. The molecule has 2 saturated carbocycles. The fourth-order valence-corrected chi connectivity index (χ4v) is 9.50. The zero-order valence-electron chi connectivity index (χ0n) is 29.3. The number of hydrogen-bond acceptors (Lipinski definition) is 10. The number of piperidine rings is 1. The van der Waals surface area contributed by atoms with Crippen LogP contribution in [0.5, 0.6) is 0 Å². The molecule has 2 aliphatic heterocycles. The molecule has 0 bridgehead atoms. The number of likely N-dealkylation sites (N-methyl/N-ethyl adjacent to an activating group) is 1. The number of ether oxygens (including phenoxy) is 2. The third-order valence-corrected chi connectivity index (χ3v) is 12.3. The summed E-state index contributed by atoms with van der Waals surface area (Å²) in [7, 11) is 1.92. The molecule has 10 nitrogen and oxygen atoms in total. The summed E-state index contributed by atoms with van der Waals surface area (Å²) in [4.78, 5) is 42.8. The minimum absolute atomic E-state index is 0.0563. The van der Waals surface area contributed by atoms with E-state index < -0.39 is 29.0 Å². The number of allylic oxidation sites excluding steroid dienone is 4. The van der Waals surface area contributed by atoms with Gasteiger partial charge in [0, 0.05) is 36.9 Å². The van der Waals surface area contributed by atoms with Gasteiger partial charge in [-0.3, -0.25) is 14.9 Å². The van der Waals surface area contributed by atoms with Gasteiger partial charge >= 0.3 is 5.97 Å². The first-order valence-corrected chi connectivity index (χ1v) is 18.7. The van der Waals surface area contributed by atoms with Crippen LogP contribution < -0.4 is 21.3 Å². The molecule has 0 amide bonds. The molecule has 0 radical (unpaired) electrons. The Labute approximate surface area is 286 Å². The van der Waals surface area contributed by atoms with Crippen LogP contribution in [0.3, 0.4) is 0 Å². The highest BCUT2D eigenvalue weighted by Gasteiger charge is 2.87. The Kier molecular flexibility index (Phi) is 11.4. The van der Waals surface area contributed by atoms with Gasteiger partial charge in [0.25, 0.3) is 5.60 Å². The molecule has 0 aromatic heterocycles. The molecular formula is C38H58N4O6. The van der Waals surface area contributed by atoms with Crippen LogP contribution in [-0.2, 0) is 23.9 Å². The molecule has 4 aliphatic carbocycles. The van der Waals surface area contributed by atoms with Crippen molar-refractivity contribution in [2.75, 3.05) is 40.0 Å². The first kappa shape index (κ1) is 35.6. The van der Waals surface area contributed by atoms with E-state index in [0.717, 1.165) is 83.1 Å². The van der Waals surface area contributed by atoms with Crippen molar-refractivity contribution in [2.45, 2.75) is 114 Å². The number of ketones is 2. The Morgan fingerprint density at radius 1 is 1.10 bits per heavy atom. The second kappa shape index (κ2) is 15.4. The highest BCUT2D eigenvalue weighted by atomic mass is 16.7. The summed E-state index contributed by atoms with van der Waals surface area (Å²) in [6.07, 6.45) is 16.9. The SMILES string of the molecule is CCN[C@H]1C=C2C=CCC[C@H]2C[C@H]1COC(=O)[C@]12O[C@@]1(CC(CO)=C(C)CCC1CCNC(NCNC)C1)C(=O)C1CCCCC1C2=O. The highest BCUT2D eigenvalue weighted by molar-refractivity contribution is 6.23. The van der Waals surface area contributed by atoms with Crippen LogP contribution >= 0.6 is 0 Å². The van der Waals surface area contributed by atoms with E-state index in [1.165, 1.54) is 5.57 Å². The van der Waals surface area contributed by atoms with Crippen molar-refractivity contribution in [2.24, 2.45) is 29.6 Å². The van der Waals surface area contributed by atoms with Gasteiger partial charge in [-0.2, -0.15) is 0 Å². The molecule has 6 aliphatic rings. The summed E-state index contributed by atoms with van der Waals surface area (Å²) in [5.74, 6) is -1.07. The number of aliphatic hydroxyl groups is 1. The van der Waals surface area contributed by atoms with E-state index in [0.29, 0.717) is 30.3 Å². The van der Waals surface area contributed by atoms with Crippen LogP contribution in [0.25, 0.3) is 0 Å². The number of hydrogen-bond donors (Lipinski definition) is 5. The highest BCUT2D eigenvalue weighted by Crippen LogP contribution is 2.62. The molecule has 266 valence electrons. The molecule has 10 heteroatoms. The van der Waals surface area contributed by atoms with Gasteiger partial charge in [0.1, 0.15) is 0 Å². The Morgan fingerprint density at radius 2 is 1.90 bits per heavy atom. The molecule has 9 atom stereocenters. The molecule has 4 unspecified atom stereocenters. The zero-order valence-corrected chi connectivity index (χ0v) is 29.3. The first-order valence-electron chi connectivity index (χ1n) is 18.7. The summed E-state index contributed by atoms with van der Waals surface area (Å²) >= 11 is 0. The third-order valence-electron chi connectivity index (χ3n) is 12.3. The van der Waals surface area contributed by atoms with E-state index in [1.54, 1.807) is 0 Å². The molecule has 0 aromatic rings. The van der Waals surface area contributed by atoms with Crippen LogP contribution in [0.2, 0.25) is 0 Å². The molecule has 5 N–H and O–H groups in total. The van der Waals surface area contributed by atoms with E-state index in [9.17, 15) is 19.5 Å². The van der Waals surface area contributed by atoms with Gasteiger partial charge in [0.15, 0.2) is 17.2 Å².